The number of rotatable bonds is 3. The van der Waals surface area contributed by atoms with Crippen LogP contribution >= 0.6 is 11.8 Å². The standard InChI is InChI=1S/C48H32N2S/c1-3-15-31(16-4-1)33-29-41(32-17-5-2-6-18-32)49-45(30-33)50-42-25-13-9-21-36(42)46-43(50)28-27-40-47(46)51-44-26-14-12-24-39(44)48(40)37-22-10-7-19-34(37)35-20-8-11-23-38(35)48/h1-17,19-30,32H,18H2. The molecule has 1 unspecified atom stereocenters. The maximum atomic E-state index is 5.47. The molecule has 0 fully saturated rings. The van der Waals surface area contributed by atoms with E-state index in [4.69, 9.17) is 4.98 Å². The van der Waals surface area contributed by atoms with Gasteiger partial charge in [0.1, 0.15) is 5.82 Å². The van der Waals surface area contributed by atoms with E-state index in [9.17, 15) is 0 Å². The van der Waals surface area contributed by atoms with E-state index in [1.54, 1.807) is 0 Å². The number of fused-ring (bicyclic) bond motifs is 13. The van der Waals surface area contributed by atoms with Crippen molar-refractivity contribution in [3.05, 3.63) is 204 Å². The van der Waals surface area contributed by atoms with Crippen LogP contribution in [0.15, 0.2) is 186 Å². The Balaban J connectivity index is 1.24. The summed E-state index contributed by atoms with van der Waals surface area (Å²) in [5.74, 6) is 1.18. The van der Waals surface area contributed by atoms with Crippen molar-refractivity contribution in [2.75, 3.05) is 0 Å². The van der Waals surface area contributed by atoms with E-state index in [2.05, 4.69) is 181 Å². The minimum Gasteiger partial charge on any atom is -0.294 e. The zero-order chi connectivity index (χ0) is 33.5. The monoisotopic (exact) mass is 668 g/mol. The lowest BCUT2D eigenvalue weighted by Crippen LogP contribution is -2.32. The first-order chi connectivity index (χ1) is 25.3. The third-order valence-electron chi connectivity index (χ3n) is 11.2. The molecular weight excluding hydrogens is 637 g/mol. The predicted octanol–water partition coefficient (Wildman–Crippen LogP) is 12.3. The van der Waals surface area contributed by atoms with Gasteiger partial charge in [0.2, 0.25) is 0 Å². The Morgan fingerprint density at radius 1 is 0.588 bits per heavy atom. The number of pyridine rings is 1. The summed E-state index contributed by atoms with van der Waals surface area (Å²) in [7, 11) is 0. The van der Waals surface area contributed by atoms with Gasteiger partial charge in [-0.15, -0.1) is 0 Å². The molecule has 6 aromatic carbocycles. The summed E-state index contributed by atoms with van der Waals surface area (Å²) >= 11 is 1.92. The van der Waals surface area contributed by atoms with Crippen LogP contribution in [0.25, 0.3) is 49.9 Å². The van der Waals surface area contributed by atoms with Gasteiger partial charge in [0.05, 0.1) is 22.1 Å². The third kappa shape index (κ3) is 4.04. The average Bonchev–Trinajstić information content (AvgIpc) is 3.70. The van der Waals surface area contributed by atoms with Gasteiger partial charge in [-0.1, -0.05) is 157 Å². The summed E-state index contributed by atoms with van der Waals surface area (Å²) in [5.41, 5.74) is 13.5. The summed E-state index contributed by atoms with van der Waals surface area (Å²) in [6, 6.07) is 56.2. The number of benzene rings is 6. The van der Waals surface area contributed by atoms with E-state index in [0.717, 1.165) is 17.9 Å². The van der Waals surface area contributed by atoms with Gasteiger partial charge in [0, 0.05) is 26.5 Å². The molecule has 2 aromatic heterocycles. The Hall–Kier alpha value is -5.90. The molecule has 1 aliphatic heterocycles. The van der Waals surface area contributed by atoms with Gasteiger partial charge in [-0.2, -0.15) is 0 Å². The fourth-order valence-electron chi connectivity index (χ4n) is 9.05. The van der Waals surface area contributed by atoms with Gasteiger partial charge in [-0.3, -0.25) is 4.57 Å². The quantitative estimate of drug-likeness (QED) is 0.186. The molecule has 11 rings (SSSR count). The Kier molecular flexibility index (Phi) is 6.26. The van der Waals surface area contributed by atoms with E-state index in [-0.39, 0.29) is 5.92 Å². The van der Waals surface area contributed by atoms with Crippen molar-refractivity contribution in [2.24, 2.45) is 0 Å². The minimum atomic E-state index is -0.415. The van der Waals surface area contributed by atoms with Gasteiger partial charge in [-0.25, -0.2) is 4.98 Å². The second-order valence-corrected chi connectivity index (χ2v) is 14.8. The summed E-state index contributed by atoms with van der Waals surface area (Å²) in [6.45, 7) is 0. The molecule has 240 valence electrons. The van der Waals surface area contributed by atoms with Crippen molar-refractivity contribution in [3.63, 3.8) is 0 Å². The fraction of sp³-hybridized carbons (Fsp3) is 0.0625. The Morgan fingerprint density at radius 2 is 1.29 bits per heavy atom. The maximum Gasteiger partial charge on any atom is 0.138 e. The molecule has 3 heterocycles. The molecule has 0 radical (unpaired) electrons. The minimum absolute atomic E-state index is 0.229. The molecule has 2 nitrogen and oxygen atoms in total. The molecule has 0 amide bonds. The summed E-state index contributed by atoms with van der Waals surface area (Å²) in [4.78, 5) is 8.11. The molecule has 2 aliphatic carbocycles. The van der Waals surface area contributed by atoms with E-state index in [0.29, 0.717) is 0 Å². The largest absolute Gasteiger partial charge is 0.294 e. The highest BCUT2D eigenvalue weighted by molar-refractivity contribution is 7.99. The molecule has 3 heteroatoms. The SMILES string of the molecule is C1=CCC(c2cc(-c3ccccc3)cc(-n3c4ccccc4c4c5c(ccc43)C3(c4ccccc4S5)c4ccccc4-c4ccccc43)n2)C=C1. The number of nitrogens with zero attached hydrogens (tertiary/aromatic N) is 2. The van der Waals surface area contributed by atoms with Crippen molar-refractivity contribution >= 4 is 33.6 Å². The molecule has 1 spiro atoms. The Bertz CT molecular complexity index is 2720. The zero-order valence-corrected chi connectivity index (χ0v) is 28.6. The highest BCUT2D eigenvalue weighted by atomic mass is 32.2. The summed E-state index contributed by atoms with van der Waals surface area (Å²) in [6.07, 6.45) is 9.77. The predicted molar refractivity (Wildman–Crippen MR) is 211 cm³/mol. The number of aromatic nitrogens is 2. The second kappa shape index (κ2) is 11.1. The van der Waals surface area contributed by atoms with Gasteiger partial charge in [-0.05, 0) is 81.3 Å². The summed E-state index contributed by atoms with van der Waals surface area (Å²) < 4.78 is 2.41. The van der Waals surface area contributed by atoms with Crippen LogP contribution in [0.1, 0.15) is 40.3 Å². The van der Waals surface area contributed by atoms with E-state index < -0.39 is 5.41 Å². The normalized spacial score (nSPS) is 16.3. The first-order valence-corrected chi connectivity index (χ1v) is 18.6. The molecular formula is C48H32N2S. The van der Waals surface area contributed by atoms with E-state index in [1.165, 1.54) is 76.1 Å². The van der Waals surface area contributed by atoms with Crippen molar-refractivity contribution in [1.29, 1.82) is 0 Å². The summed E-state index contributed by atoms with van der Waals surface area (Å²) in [5, 5.41) is 2.54. The van der Waals surface area contributed by atoms with Crippen LogP contribution in [-0.2, 0) is 5.41 Å². The highest BCUT2D eigenvalue weighted by Crippen LogP contribution is 2.63. The van der Waals surface area contributed by atoms with Crippen molar-refractivity contribution in [2.45, 2.75) is 27.5 Å². The van der Waals surface area contributed by atoms with Crippen molar-refractivity contribution in [1.82, 2.24) is 9.55 Å². The smallest absolute Gasteiger partial charge is 0.138 e. The number of hydrogen-bond donors (Lipinski definition) is 0. The maximum absolute atomic E-state index is 5.47. The van der Waals surface area contributed by atoms with E-state index in [1.807, 2.05) is 11.8 Å². The number of para-hydroxylation sites is 1. The topological polar surface area (TPSA) is 17.8 Å². The van der Waals surface area contributed by atoms with Crippen LogP contribution in [-0.4, -0.2) is 9.55 Å². The van der Waals surface area contributed by atoms with Crippen LogP contribution in [0.4, 0.5) is 0 Å². The van der Waals surface area contributed by atoms with Crippen molar-refractivity contribution < 1.29 is 0 Å². The van der Waals surface area contributed by atoms with Gasteiger partial charge in [0.25, 0.3) is 0 Å². The molecule has 0 bridgehead atoms. The Labute approximate surface area is 301 Å². The highest BCUT2D eigenvalue weighted by Gasteiger charge is 2.50. The molecule has 0 saturated heterocycles. The average molecular weight is 669 g/mol. The van der Waals surface area contributed by atoms with Crippen LogP contribution in [0, 0.1) is 0 Å². The second-order valence-electron chi connectivity index (χ2n) is 13.8. The van der Waals surface area contributed by atoms with E-state index >= 15 is 0 Å². The van der Waals surface area contributed by atoms with Crippen LogP contribution < -0.4 is 0 Å². The lowest BCUT2D eigenvalue weighted by molar-refractivity contribution is 0.726. The molecule has 51 heavy (non-hydrogen) atoms. The molecule has 3 aliphatic rings. The molecule has 0 saturated carbocycles. The molecule has 8 aromatic rings. The van der Waals surface area contributed by atoms with Gasteiger partial charge in [0.15, 0.2) is 0 Å². The fourth-order valence-corrected chi connectivity index (χ4v) is 10.4. The number of allylic oxidation sites excluding steroid dienone is 4. The zero-order valence-electron chi connectivity index (χ0n) is 27.8. The third-order valence-corrected chi connectivity index (χ3v) is 12.4. The van der Waals surface area contributed by atoms with Gasteiger partial charge >= 0.3 is 0 Å². The Morgan fingerprint density at radius 3 is 2.08 bits per heavy atom. The first kappa shape index (κ1) is 28.9. The molecule has 1 atom stereocenters. The number of hydrogen-bond acceptors (Lipinski definition) is 2. The lowest BCUT2D eigenvalue weighted by Gasteiger charge is -2.40. The molecule has 0 N–H and O–H groups in total. The van der Waals surface area contributed by atoms with Crippen molar-refractivity contribution in [3.8, 4) is 28.1 Å². The first-order valence-electron chi connectivity index (χ1n) is 17.8. The lowest BCUT2D eigenvalue weighted by atomic mass is 9.67. The van der Waals surface area contributed by atoms with Gasteiger partial charge < -0.3 is 0 Å². The van der Waals surface area contributed by atoms with Crippen LogP contribution in [0.2, 0.25) is 0 Å². The van der Waals surface area contributed by atoms with Crippen LogP contribution in [0.5, 0.6) is 0 Å². The van der Waals surface area contributed by atoms with Crippen LogP contribution in [0.3, 0.4) is 0 Å².